The molecule has 0 saturated carbocycles. The number of ether oxygens (including phenoxy) is 6. The number of nitrogens with zero attached hydrogens (tertiary/aromatic N) is 1. The SMILES string of the molecule is CCC[C@H]1[C@H](O)[C@@H](C)C(=O)[C@H](C)CC(C)(C)C(OC2OC(C)CC(N(C)C)C2O)[C@@H](C)C(OC2C[C@@](C)(OC)C(O)C(C)O2)[C@@H](C)C(=O)O[C@@H]1CC. The van der Waals surface area contributed by atoms with Crippen LogP contribution in [0.2, 0.25) is 0 Å². The molecule has 0 aromatic rings. The predicted molar refractivity (Wildman–Crippen MR) is 197 cm³/mol. The van der Waals surface area contributed by atoms with Gasteiger partial charge in [0.05, 0.1) is 42.0 Å². The van der Waals surface area contributed by atoms with E-state index in [1.807, 2.05) is 74.4 Å². The average molecular weight is 744 g/mol. The van der Waals surface area contributed by atoms with Crippen LogP contribution in [-0.2, 0) is 38.0 Å². The molecular weight excluding hydrogens is 670 g/mol. The summed E-state index contributed by atoms with van der Waals surface area (Å²) in [6.07, 6.45) is -4.65. The number of aliphatic hydroxyl groups is 3. The van der Waals surface area contributed by atoms with Gasteiger partial charge in [-0.2, -0.15) is 0 Å². The Kier molecular flexibility index (Phi) is 16.2. The Morgan fingerprint density at radius 3 is 2.08 bits per heavy atom. The fourth-order valence-corrected chi connectivity index (χ4v) is 9.23. The van der Waals surface area contributed by atoms with Gasteiger partial charge in [0.15, 0.2) is 12.6 Å². The Morgan fingerprint density at radius 1 is 0.885 bits per heavy atom. The van der Waals surface area contributed by atoms with E-state index in [2.05, 4.69) is 0 Å². The van der Waals surface area contributed by atoms with Gasteiger partial charge in [-0.3, -0.25) is 9.59 Å². The van der Waals surface area contributed by atoms with Crippen molar-refractivity contribution in [1.82, 2.24) is 4.90 Å². The molecule has 3 aliphatic rings. The maximum atomic E-state index is 14.3. The zero-order valence-electron chi connectivity index (χ0n) is 34.5. The predicted octanol–water partition coefficient (Wildman–Crippen LogP) is 4.73. The highest BCUT2D eigenvalue weighted by molar-refractivity contribution is 5.83. The molecule has 3 aliphatic heterocycles. The number of cyclic esters (lactones) is 1. The number of methoxy groups -OCH3 is 1. The maximum Gasteiger partial charge on any atom is 0.311 e. The molecule has 304 valence electrons. The maximum absolute atomic E-state index is 14.3. The van der Waals surface area contributed by atoms with Crippen molar-refractivity contribution in [2.24, 2.45) is 35.0 Å². The molecule has 3 heterocycles. The Morgan fingerprint density at radius 2 is 1.52 bits per heavy atom. The topological polar surface area (TPSA) is 153 Å². The van der Waals surface area contributed by atoms with Gasteiger partial charge in [0.2, 0.25) is 0 Å². The van der Waals surface area contributed by atoms with E-state index in [0.717, 1.165) is 6.42 Å². The van der Waals surface area contributed by atoms with Crippen molar-refractivity contribution in [2.75, 3.05) is 21.2 Å². The van der Waals surface area contributed by atoms with Crippen LogP contribution in [0.3, 0.4) is 0 Å². The third-order valence-electron chi connectivity index (χ3n) is 12.5. The van der Waals surface area contributed by atoms with Crippen LogP contribution in [-0.4, -0.2) is 126 Å². The van der Waals surface area contributed by atoms with E-state index in [0.29, 0.717) is 25.7 Å². The second kappa shape index (κ2) is 18.6. The van der Waals surface area contributed by atoms with Gasteiger partial charge in [-0.25, -0.2) is 0 Å². The van der Waals surface area contributed by atoms with Crippen LogP contribution >= 0.6 is 0 Å². The summed E-state index contributed by atoms with van der Waals surface area (Å²) in [5, 5.41) is 34.2. The number of rotatable bonds is 9. The Hall–Kier alpha value is -1.22. The number of carbonyl (C=O) groups is 2. The molecule has 0 aromatic heterocycles. The van der Waals surface area contributed by atoms with Gasteiger partial charge in [0.1, 0.15) is 24.1 Å². The van der Waals surface area contributed by atoms with Crippen molar-refractivity contribution < 1.29 is 53.3 Å². The molecule has 0 amide bonds. The highest BCUT2D eigenvalue weighted by Crippen LogP contribution is 2.43. The van der Waals surface area contributed by atoms with Gasteiger partial charge in [0, 0.05) is 43.2 Å². The summed E-state index contributed by atoms with van der Waals surface area (Å²) < 4.78 is 38.3. The van der Waals surface area contributed by atoms with E-state index >= 15 is 0 Å². The van der Waals surface area contributed by atoms with Crippen molar-refractivity contribution in [3.8, 4) is 0 Å². The first kappa shape index (κ1) is 45.2. The van der Waals surface area contributed by atoms with Crippen molar-refractivity contribution in [2.45, 2.75) is 188 Å². The highest BCUT2D eigenvalue weighted by Gasteiger charge is 2.51. The fourth-order valence-electron chi connectivity index (χ4n) is 9.23. The lowest BCUT2D eigenvalue weighted by Gasteiger charge is -2.49. The molecule has 0 aliphatic carbocycles. The molecule has 0 bridgehead atoms. The van der Waals surface area contributed by atoms with Crippen molar-refractivity contribution in [3.63, 3.8) is 0 Å². The van der Waals surface area contributed by atoms with Gasteiger partial charge in [-0.15, -0.1) is 0 Å². The van der Waals surface area contributed by atoms with Gasteiger partial charge in [0.25, 0.3) is 0 Å². The van der Waals surface area contributed by atoms with Crippen LogP contribution in [0, 0.1) is 35.0 Å². The molecule has 17 atom stereocenters. The van der Waals surface area contributed by atoms with E-state index in [1.54, 1.807) is 27.9 Å². The molecule has 3 rings (SSSR count). The van der Waals surface area contributed by atoms with Crippen LogP contribution in [0.5, 0.6) is 0 Å². The molecule has 0 spiro atoms. The highest BCUT2D eigenvalue weighted by atomic mass is 16.7. The number of aliphatic hydroxyl groups excluding tert-OH is 3. The molecule has 52 heavy (non-hydrogen) atoms. The molecule has 12 nitrogen and oxygen atoms in total. The minimum atomic E-state index is -1.00. The minimum absolute atomic E-state index is 0.0651. The van der Waals surface area contributed by atoms with E-state index in [1.165, 1.54) is 0 Å². The van der Waals surface area contributed by atoms with E-state index < -0.39 is 102 Å². The first-order valence-corrected chi connectivity index (χ1v) is 19.8. The summed E-state index contributed by atoms with van der Waals surface area (Å²) in [7, 11) is 5.38. The molecule has 3 fully saturated rings. The monoisotopic (exact) mass is 744 g/mol. The van der Waals surface area contributed by atoms with E-state index in [4.69, 9.17) is 28.4 Å². The molecule has 3 saturated heterocycles. The summed E-state index contributed by atoms with van der Waals surface area (Å²) in [5.74, 6) is -3.46. The Bertz CT molecular complexity index is 1150. The van der Waals surface area contributed by atoms with Crippen molar-refractivity contribution in [1.29, 1.82) is 0 Å². The zero-order valence-corrected chi connectivity index (χ0v) is 34.5. The lowest BCUT2D eigenvalue weighted by molar-refractivity contribution is -0.313. The fraction of sp³-hybridized carbons (Fsp3) is 0.950. The normalized spacial score (nSPS) is 45.7. The molecule has 0 radical (unpaired) electrons. The average Bonchev–Trinajstić information content (AvgIpc) is 3.08. The number of ketones is 1. The summed E-state index contributed by atoms with van der Waals surface area (Å²) in [6.45, 7) is 20.9. The van der Waals surface area contributed by atoms with E-state index in [9.17, 15) is 24.9 Å². The number of esters is 1. The number of carbonyl (C=O) groups excluding carboxylic acids is 2. The largest absolute Gasteiger partial charge is 0.462 e. The number of likely N-dealkylation sites (N-methyl/N-ethyl adjacent to an activating group) is 1. The zero-order chi connectivity index (χ0) is 39.5. The van der Waals surface area contributed by atoms with Gasteiger partial charge in [-0.1, -0.05) is 54.9 Å². The third-order valence-corrected chi connectivity index (χ3v) is 12.5. The second-order valence-electron chi connectivity index (χ2n) is 17.4. The van der Waals surface area contributed by atoms with Gasteiger partial charge < -0.3 is 48.6 Å². The van der Waals surface area contributed by atoms with E-state index in [-0.39, 0.29) is 24.3 Å². The van der Waals surface area contributed by atoms with Crippen LogP contribution in [0.15, 0.2) is 0 Å². The smallest absolute Gasteiger partial charge is 0.311 e. The van der Waals surface area contributed by atoms with Gasteiger partial charge >= 0.3 is 5.97 Å². The second-order valence-corrected chi connectivity index (χ2v) is 17.4. The molecule has 9 unspecified atom stereocenters. The quantitative estimate of drug-likeness (QED) is 0.280. The molecule has 0 aromatic carbocycles. The summed E-state index contributed by atoms with van der Waals surface area (Å²) >= 11 is 0. The number of hydrogen-bond acceptors (Lipinski definition) is 12. The number of Topliss-reactive ketones (excluding diaryl/α,β-unsaturated/α-hetero) is 1. The standard InChI is InChI=1S/C40H73NO11/c1-15-17-27-29(16-2)50-37(46)25(7)34(51-30-20-40(11,47-14)35(45)26(8)49-30)24(6)36(39(9,10)19-21(3)31(42)23(5)32(27)43)52-38-33(44)28(41(12)13)18-22(4)48-38/h21-30,32-36,38,43-45H,15-20H2,1-14H3/t21-,22?,23+,24+,25-,26?,27-,28?,29-,30?,32-,33?,34?,35?,36?,38?,40-/m1/s1. The summed E-state index contributed by atoms with van der Waals surface area (Å²) in [5.41, 5.74) is -1.69. The summed E-state index contributed by atoms with van der Waals surface area (Å²) in [4.78, 5) is 30.4. The summed E-state index contributed by atoms with van der Waals surface area (Å²) in [6, 6.07) is -0.216. The lowest BCUT2D eigenvalue weighted by Crippen LogP contribution is -2.59. The Balaban J connectivity index is 2.18. The van der Waals surface area contributed by atoms with Gasteiger partial charge in [-0.05, 0) is 72.9 Å². The first-order chi connectivity index (χ1) is 24.1. The van der Waals surface area contributed by atoms with Crippen LogP contribution in [0.1, 0.15) is 115 Å². The van der Waals surface area contributed by atoms with Crippen molar-refractivity contribution in [3.05, 3.63) is 0 Å². The molecule has 12 heteroatoms. The van der Waals surface area contributed by atoms with Crippen LogP contribution in [0.25, 0.3) is 0 Å². The Labute approximate surface area is 313 Å². The third kappa shape index (κ3) is 10.1. The molecule has 3 N–H and O–H groups in total. The minimum Gasteiger partial charge on any atom is -0.462 e. The lowest BCUT2D eigenvalue weighted by atomic mass is 9.69. The van der Waals surface area contributed by atoms with Crippen LogP contribution < -0.4 is 0 Å². The molecular formula is C40H73NO11. The number of hydrogen-bond donors (Lipinski definition) is 3. The van der Waals surface area contributed by atoms with Crippen LogP contribution in [0.4, 0.5) is 0 Å². The first-order valence-electron chi connectivity index (χ1n) is 19.8. The van der Waals surface area contributed by atoms with Crippen molar-refractivity contribution >= 4 is 11.8 Å².